The third-order valence-electron chi connectivity index (χ3n) is 3.20. The molecule has 2 aromatic carbocycles. The van der Waals surface area contributed by atoms with E-state index in [9.17, 15) is 9.90 Å². The molecule has 1 aromatic heterocycles. The molecular formula is C16H12INO3. The van der Waals surface area contributed by atoms with Crippen LogP contribution in [0, 0.1) is 3.57 Å². The van der Waals surface area contributed by atoms with Crippen LogP contribution in [-0.4, -0.2) is 11.1 Å². The molecule has 1 heterocycles. The second kappa shape index (κ2) is 5.77. The van der Waals surface area contributed by atoms with E-state index in [4.69, 9.17) is 4.42 Å². The Balaban J connectivity index is 1.95. The number of aromatic carboxylic acids is 1. The molecule has 0 saturated carbocycles. The molecule has 106 valence electrons. The highest BCUT2D eigenvalue weighted by molar-refractivity contribution is 14.1. The standard InChI is InChI=1S/C16H12INO3/c17-11-6-2-3-7-12(11)18-9-14-15(16(19)20)10-5-1-4-8-13(10)21-14/h1-8,18H,9H2,(H,19,20). The molecule has 0 bridgehead atoms. The van der Waals surface area contributed by atoms with Crippen LogP contribution in [0.2, 0.25) is 0 Å². The molecule has 0 radical (unpaired) electrons. The van der Waals surface area contributed by atoms with Gasteiger partial charge in [0.1, 0.15) is 16.9 Å². The number of halogens is 1. The monoisotopic (exact) mass is 393 g/mol. The van der Waals surface area contributed by atoms with E-state index < -0.39 is 5.97 Å². The molecule has 0 fully saturated rings. The summed E-state index contributed by atoms with van der Waals surface area (Å²) in [7, 11) is 0. The Morgan fingerprint density at radius 3 is 2.62 bits per heavy atom. The first-order chi connectivity index (χ1) is 10.2. The molecule has 0 aliphatic heterocycles. The third-order valence-corrected chi connectivity index (χ3v) is 4.14. The molecule has 0 aliphatic rings. The van der Waals surface area contributed by atoms with Gasteiger partial charge in [0.05, 0.1) is 6.54 Å². The number of para-hydroxylation sites is 2. The first-order valence-electron chi connectivity index (χ1n) is 6.39. The minimum atomic E-state index is -0.973. The van der Waals surface area contributed by atoms with Gasteiger partial charge in [0.15, 0.2) is 0 Å². The molecule has 0 atom stereocenters. The second-order valence-electron chi connectivity index (χ2n) is 4.53. The average Bonchev–Trinajstić information content (AvgIpc) is 2.85. The second-order valence-corrected chi connectivity index (χ2v) is 5.70. The third kappa shape index (κ3) is 2.73. The fourth-order valence-corrected chi connectivity index (χ4v) is 2.81. The number of carbonyl (C=O) groups is 1. The van der Waals surface area contributed by atoms with Crippen LogP contribution in [0.4, 0.5) is 5.69 Å². The summed E-state index contributed by atoms with van der Waals surface area (Å²) in [6.45, 7) is 0.330. The highest BCUT2D eigenvalue weighted by Gasteiger charge is 2.19. The lowest BCUT2D eigenvalue weighted by atomic mass is 10.1. The number of carboxylic acid groups (broad SMARTS) is 1. The Kier molecular flexibility index (Phi) is 3.83. The first-order valence-corrected chi connectivity index (χ1v) is 7.47. The van der Waals surface area contributed by atoms with Gasteiger partial charge in [-0.2, -0.15) is 0 Å². The van der Waals surface area contributed by atoms with Crippen molar-refractivity contribution < 1.29 is 14.3 Å². The number of fused-ring (bicyclic) bond motifs is 1. The van der Waals surface area contributed by atoms with Gasteiger partial charge in [-0.1, -0.05) is 30.3 Å². The largest absolute Gasteiger partial charge is 0.478 e. The van der Waals surface area contributed by atoms with Gasteiger partial charge >= 0.3 is 5.97 Å². The van der Waals surface area contributed by atoms with Crippen LogP contribution in [-0.2, 0) is 6.54 Å². The SMILES string of the molecule is O=C(O)c1c(CNc2ccccc2I)oc2ccccc12. The van der Waals surface area contributed by atoms with E-state index in [-0.39, 0.29) is 5.56 Å². The molecule has 0 saturated heterocycles. The fraction of sp³-hybridized carbons (Fsp3) is 0.0625. The van der Waals surface area contributed by atoms with Gasteiger partial charge in [-0.3, -0.25) is 0 Å². The number of carboxylic acids is 1. The Morgan fingerprint density at radius 1 is 1.14 bits per heavy atom. The smallest absolute Gasteiger partial charge is 0.339 e. The van der Waals surface area contributed by atoms with Crippen molar-refractivity contribution in [1.82, 2.24) is 0 Å². The van der Waals surface area contributed by atoms with E-state index in [0.29, 0.717) is 23.3 Å². The summed E-state index contributed by atoms with van der Waals surface area (Å²) in [4.78, 5) is 11.5. The van der Waals surface area contributed by atoms with E-state index in [1.54, 1.807) is 12.1 Å². The highest BCUT2D eigenvalue weighted by atomic mass is 127. The van der Waals surface area contributed by atoms with Crippen molar-refractivity contribution in [2.24, 2.45) is 0 Å². The minimum absolute atomic E-state index is 0.226. The zero-order chi connectivity index (χ0) is 14.8. The van der Waals surface area contributed by atoms with Crippen molar-refractivity contribution in [2.45, 2.75) is 6.54 Å². The summed E-state index contributed by atoms with van der Waals surface area (Å²) >= 11 is 2.23. The molecular weight excluding hydrogens is 381 g/mol. The maximum atomic E-state index is 11.5. The zero-order valence-corrected chi connectivity index (χ0v) is 13.1. The van der Waals surface area contributed by atoms with Gasteiger partial charge in [0, 0.05) is 14.6 Å². The van der Waals surface area contributed by atoms with Gasteiger partial charge in [-0.25, -0.2) is 4.79 Å². The lowest BCUT2D eigenvalue weighted by Gasteiger charge is -2.07. The average molecular weight is 393 g/mol. The van der Waals surface area contributed by atoms with E-state index in [2.05, 4.69) is 27.9 Å². The zero-order valence-electron chi connectivity index (χ0n) is 11.0. The number of rotatable bonds is 4. The van der Waals surface area contributed by atoms with Crippen molar-refractivity contribution in [3.05, 3.63) is 63.4 Å². The number of hydrogen-bond acceptors (Lipinski definition) is 3. The lowest BCUT2D eigenvalue weighted by Crippen LogP contribution is -2.05. The van der Waals surface area contributed by atoms with Crippen molar-refractivity contribution in [3.63, 3.8) is 0 Å². The van der Waals surface area contributed by atoms with Crippen molar-refractivity contribution in [3.8, 4) is 0 Å². The van der Waals surface area contributed by atoms with E-state index in [0.717, 1.165) is 9.26 Å². The molecule has 5 heteroatoms. The number of anilines is 1. The molecule has 2 N–H and O–H groups in total. The van der Waals surface area contributed by atoms with E-state index in [1.165, 1.54) is 0 Å². The Hall–Kier alpha value is -2.02. The normalized spacial score (nSPS) is 10.7. The molecule has 3 rings (SSSR count). The maximum Gasteiger partial charge on any atom is 0.339 e. The number of furan rings is 1. The number of benzene rings is 2. The first kappa shape index (κ1) is 13.9. The molecule has 0 spiro atoms. The van der Waals surface area contributed by atoms with E-state index in [1.807, 2.05) is 36.4 Å². The van der Waals surface area contributed by atoms with Crippen LogP contribution in [0.3, 0.4) is 0 Å². The van der Waals surface area contributed by atoms with Crippen molar-refractivity contribution in [2.75, 3.05) is 5.32 Å². The fourth-order valence-electron chi connectivity index (χ4n) is 2.24. The molecule has 21 heavy (non-hydrogen) atoms. The van der Waals surface area contributed by atoms with Gasteiger partial charge in [0.25, 0.3) is 0 Å². The topological polar surface area (TPSA) is 62.5 Å². The van der Waals surface area contributed by atoms with Crippen LogP contribution < -0.4 is 5.32 Å². The summed E-state index contributed by atoms with van der Waals surface area (Å²) in [6.07, 6.45) is 0. The molecule has 4 nitrogen and oxygen atoms in total. The van der Waals surface area contributed by atoms with Gasteiger partial charge in [-0.15, -0.1) is 0 Å². The van der Waals surface area contributed by atoms with Gasteiger partial charge in [-0.05, 0) is 40.8 Å². The molecule has 0 aliphatic carbocycles. The minimum Gasteiger partial charge on any atom is -0.478 e. The van der Waals surface area contributed by atoms with E-state index >= 15 is 0 Å². The summed E-state index contributed by atoms with van der Waals surface area (Å²) in [6, 6.07) is 15.0. The maximum absolute atomic E-state index is 11.5. The van der Waals surface area contributed by atoms with Crippen LogP contribution >= 0.6 is 22.6 Å². The van der Waals surface area contributed by atoms with Crippen LogP contribution in [0.5, 0.6) is 0 Å². The predicted octanol–water partition coefficient (Wildman–Crippen LogP) is 4.35. The summed E-state index contributed by atoms with van der Waals surface area (Å²) < 4.78 is 6.75. The summed E-state index contributed by atoms with van der Waals surface area (Å²) in [5.41, 5.74) is 1.77. The Bertz CT molecular complexity index is 810. The lowest BCUT2D eigenvalue weighted by molar-refractivity contribution is 0.0696. The molecule has 0 unspecified atom stereocenters. The Morgan fingerprint density at radius 2 is 1.86 bits per heavy atom. The van der Waals surface area contributed by atoms with Crippen molar-refractivity contribution in [1.29, 1.82) is 0 Å². The molecule has 3 aromatic rings. The van der Waals surface area contributed by atoms with Crippen LogP contribution in [0.1, 0.15) is 16.1 Å². The molecule has 0 amide bonds. The summed E-state index contributed by atoms with van der Waals surface area (Å²) in [5, 5.41) is 13.3. The van der Waals surface area contributed by atoms with Crippen LogP contribution in [0.15, 0.2) is 52.9 Å². The number of nitrogens with one attached hydrogen (secondary N) is 1. The predicted molar refractivity (Wildman–Crippen MR) is 89.7 cm³/mol. The van der Waals surface area contributed by atoms with Crippen LogP contribution in [0.25, 0.3) is 11.0 Å². The van der Waals surface area contributed by atoms with Crippen molar-refractivity contribution >= 4 is 45.2 Å². The number of hydrogen-bond donors (Lipinski definition) is 2. The van der Waals surface area contributed by atoms with Gasteiger partial charge < -0.3 is 14.8 Å². The van der Waals surface area contributed by atoms with Gasteiger partial charge in [0.2, 0.25) is 0 Å². The Labute approximate surface area is 134 Å². The highest BCUT2D eigenvalue weighted by Crippen LogP contribution is 2.27. The summed E-state index contributed by atoms with van der Waals surface area (Å²) in [5.74, 6) is -0.539. The quantitative estimate of drug-likeness (QED) is 0.648.